The van der Waals surface area contributed by atoms with Crippen LogP contribution in [-0.2, 0) is 0 Å². The number of alkyl halides is 1. The molecule has 4 fully saturated rings. The third kappa shape index (κ3) is 2.11. The standard InChI is InChI=1S/C16H19ClN4O/c17-15-5-10-4-12(7-15)13(16(22,6-10)9-15)14(20-21-18)11-2-1-3-19-8-11/h1-3,8,10,12-14,22H,4-7,9H2/t10-,12-,13+,14-,15-,16-/m0/s1. The maximum atomic E-state index is 11.3. The number of hydrogen-bond acceptors (Lipinski definition) is 3. The fraction of sp³-hybridized carbons (Fsp3) is 0.688. The Morgan fingerprint density at radius 1 is 1.45 bits per heavy atom. The van der Waals surface area contributed by atoms with Crippen molar-refractivity contribution in [3.63, 3.8) is 0 Å². The zero-order valence-electron chi connectivity index (χ0n) is 12.3. The van der Waals surface area contributed by atoms with Crippen molar-refractivity contribution < 1.29 is 5.11 Å². The summed E-state index contributed by atoms with van der Waals surface area (Å²) in [6.45, 7) is 0. The van der Waals surface area contributed by atoms with Crippen molar-refractivity contribution in [2.45, 2.75) is 48.6 Å². The number of nitrogens with zero attached hydrogens (tertiary/aromatic N) is 4. The van der Waals surface area contributed by atoms with Crippen molar-refractivity contribution >= 4 is 11.6 Å². The van der Waals surface area contributed by atoms with Crippen molar-refractivity contribution in [2.75, 3.05) is 0 Å². The fourth-order valence-electron chi connectivity index (χ4n) is 5.56. The highest BCUT2D eigenvalue weighted by Crippen LogP contribution is 2.65. The Morgan fingerprint density at radius 3 is 2.95 bits per heavy atom. The molecule has 0 aromatic carbocycles. The predicted octanol–water partition coefficient (Wildman–Crippen LogP) is 3.98. The average Bonchev–Trinajstić information content (AvgIpc) is 2.44. The Labute approximate surface area is 134 Å². The smallest absolute Gasteiger partial charge is 0.0705 e. The van der Waals surface area contributed by atoms with Crippen LogP contribution in [0.5, 0.6) is 0 Å². The molecule has 6 atom stereocenters. The van der Waals surface area contributed by atoms with Gasteiger partial charge in [0.1, 0.15) is 0 Å². The van der Waals surface area contributed by atoms with Crippen molar-refractivity contribution in [1.29, 1.82) is 0 Å². The van der Waals surface area contributed by atoms with Crippen molar-refractivity contribution in [3.8, 4) is 0 Å². The lowest BCUT2D eigenvalue weighted by molar-refractivity contribution is -0.170. The third-order valence-electron chi connectivity index (χ3n) is 5.85. The summed E-state index contributed by atoms with van der Waals surface area (Å²) in [7, 11) is 0. The fourth-order valence-corrected chi connectivity index (χ4v) is 6.20. The molecule has 1 heterocycles. The van der Waals surface area contributed by atoms with E-state index in [9.17, 15) is 5.11 Å². The van der Waals surface area contributed by atoms with Crippen LogP contribution in [-0.4, -0.2) is 20.6 Å². The van der Waals surface area contributed by atoms with Crippen LogP contribution in [0.15, 0.2) is 29.6 Å². The zero-order valence-corrected chi connectivity index (χ0v) is 13.0. The second-order valence-corrected chi connectivity index (χ2v) is 8.17. The van der Waals surface area contributed by atoms with Gasteiger partial charge in [0.25, 0.3) is 0 Å². The Kier molecular flexibility index (Phi) is 3.16. The van der Waals surface area contributed by atoms with E-state index in [1.54, 1.807) is 12.4 Å². The van der Waals surface area contributed by atoms with Crippen LogP contribution in [0, 0.1) is 17.8 Å². The van der Waals surface area contributed by atoms with Crippen LogP contribution in [0.4, 0.5) is 0 Å². The van der Waals surface area contributed by atoms with Crippen molar-refractivity contribution in [2.24, 2.45) is 22.9 Å². The highest BCUT2D eigenvalue weighted by molar-refractivity contribution is 6.24. The van der Waals surface area contributed by atoms with E-state index in [2.05, 4.69) is 15.0 Å². The van der Waals surface area contributed by atoms with Gasteiger partial charge in [-0.1, -0.05) is 11.2 Å². The summed E-state index contributed by atoms with van der Waals surface area (Å²) >= 11 is 6.74. The predicted molar refractivity (Wildman–Crippen MR) is 83.2 cm³/mol. The molecule has 1 aromatic rings. The first-order valence-electron chi connectivity index (χ1n) is 7.88. The van der Waals surface area contributed by atoms with E-state index in [4.69, 9.17) is 17.1 Å². The van der Waals surface area contributed by atoms with Gasteiger partial charge in [-0.3, -0.25) is 4.98 Å². The van der Waals surface area contributed by atoms with Crippen molar-refractivity contribution in [1.82, 2.24) is 4.98 Å². The number of halogens is 1. The quantitative estimate of drug-likeness (QED) is 0.396. The summed E-state index contributed by atoms with van der Waals surface area (Å²) in [5.41, 5.74) is 9.08. The summed E-state index contributed by atoms with van der Waals surface area (Å²) in [5.74, 6) is 0.766. The molecule has 0 radical (unpaired) electrons. The molecule has 1 N–H and O–H groups in total. The van der Waals surface area contributed by atoms with Gasteiger partial charge in [0, 0.05) is 28.1 Å². The molecule has 22 heavy (non-hydrogen) atoms. The highest BCUT2D eigenvalue weighted by Gasteiger charge is 2.63. The maximum Gasteiger partial charge on any atom is 0.0705 e. The number of aromatic nitrogens is 1. The number of rotatable bonds is 3. The summed E-state index contributed by atoms with van der Waals surface area (Å²) < 4.78 is 0. The topological polar surface area (TPSA) is 81.9 Å². The van der Waals surface area contributed by atoms with Crippen LogP contribution in [0.2, 0.25) is 0 Å². The molecule has 1 aromatic heterocycles. The van der Waals surface area contributed by atoms with Crippen molar-refractivity contribution in [3.05, 3.63) is 40.5 Å². The minimum Gasteiger partial charge on any atom is -0.389 e. The largest absolute Gasteiger partial charge is 0.389 e. The lowest BCUT2D eigenvalue weighted by Crippen LogP contribution is -2.63. The Balaban J connectivity index is 1.76. The molecule has 5 nitrogen and oxygen atoms in total. The number of azide groups is 1. The van der Waals surface area contributed by atoms with Gasteiger partial charge in [-0.15, -0.1) is 11.6 Å². The normalized spacial score (nSPS) is 43.6. The Morgan fingerprint density at radius 2 is 2.32 bits per heavy atom. The lowest BCUT2D eigenvalue weighted by atomic mass is 9.48. The molecule has 116 valence electrons. The third-order valence-corrected chi connectivity index (χ3v) is 6.30. The highest BCUT2D eigenvalue weighted by atomic mass is 35.5. The van der Waals surface area contributed by atoms with E-state index in [0.717, 1.165) is 31.2 Å². The first-order chi connectivity index (χ1) is 10.5. The molecule has 0 spiro atoms. The summed E-state index contributed by atoms with van der Waals surface area (Å²) in [4.78, 5) is 6.94. The first-order valence-corrected chi connectivity index (χ1v) is 8.26. The van der Waals surface area contributed by atoms with E-state index in [0.29, 0.717) is 18.3 Å². The molecule has 6 heteroatoms. The molecule has 5 rings (SSSR count). The van der Waals surface area contributed by atoms with Gasteiger partial charge < -0.3 is 5.11 Å². The Hall–Kier alpha value is -1.29. The molecule has 4 aliphatic rings. The number of hydrogen-bond donors (Lipinski definition) is 1. The van der Waals surface area contributed by atoms with Gasteiger partial charge in [-0.05, 0) is 61.1 Å². The summed E-state index contributed by atoms with van der Waals surface area (Å²) in [6, 6.07) is 3.41. The van der Waals surface area contributed by atoms with Gasteiger partial charge in [-0.2, -0.15) is 0 Å². The van der Waals surface area contributed by atoms with Crippen LogP contribution >= 0.6 is 11.6 Å². The van der Waals surface area contributed by atoms with Gasteiger partial charge >= 0.3 is 0 Å². The van der Waals surface area contributed by atoms with Crippen LogP contribution in [0.1, 0.15) is 43.7 Å². The molecular weight excluding hydrogens is 300 g/mol. The second kappa shape index (κ2) is 4.85. The Bertz CT molecular complexity index is 634. The lowest BCUT2D eigenvalue weighted by Gasteiger charge is -2.63. The van der Waals surface area contributed by atoms with Gasteiger partial charge in [-0.25, -0.2) is 0 Å². The monoisotopic (exact) mass is 318 g/mol. The van der Waals surface area contributed by atoms with E-state index >= 15 is 0 Å². The first kappa shape index (κ1) is 14.3. The minimum atomic E-state index is -0.819. The zero-order chi connectivity index (χ0) is 15.4. The molecule has 0 aliphatic heterocycles. The molecule has 4 aliphatic carbocycles. The van der Waals surface area contributed by atoms with E-state index in [1.165, 1.54) is 0 Å². The molecule has 4 bridgehead atoms. The molecule has 4 saturated carbocycles. The van der Waals surface area contributed by atoms with E-state index < -0.39 is 5.60 Å². The van der Waals surface area contributed by atoms with Gasteiger partial charge in [0.2, 0.25) is 0 Å². The maximum absolute atomic E-state index is 11.3. The van der Waals surface area contributed by atoms with E-state index in [-0.39, 0.29) is 16.8 Å². The number of pyridine rings is 1. The average molecular weight is 319 g/mol. The SMILES string of the molecule is [N-]=[N+]=N[C@@H](c1cccnc1)[C@H]1[C@H]2C[C@H]3C[C@](Cl)(C2)C[C@@]1(O)C3. The number of aliphatic hydroxyl groups is 1. The summed E-state index contributed by atoms with van der Waals surface area (Å²) in [6.07, 6.45) is 7.84. The molecular formula is C16H19ClN4O. The molecule has 0 amide bonds. The van der Waals surface area contributed by atoms with Gasteiger partial charge in [0.15, 0.2) is 0 Å². The molecule has 0 saturated heterocycles. The van der Waals surface area contributed by atoms with Gasteiger partial charge in [0.05, 0.1) is 11.6 Å². The van der Waals surface area contributed by atoms with E-state index in [1.807, 2.05) is 12.1 Å². The van der Waals surface area contributed by atoms with Crippen LogP contribution in [0.25, 0.3) is 10.4 Å². The summed E-state index contributed by atoms with van der Waals surface area (Å²) in [5, 5.41) is 15.3. The van der Waals surface area contributed by atoms with Crippen LogP contribution < -0.4 is 0 Å². The molecule has 0 unspecified atom stereocenters. The second-order valence-electron chi connectivity index (χ2n) is 7.37. The van der Waals surface area contributed by atoms with Crippen LogP contribution in [0.3, 0.4) is 0 Å². The minimum absolute atomic E-state index is 0.0592.